The van der Waals surface area contributed by atoms with Gasteiger partial charge in [0, 0.05) is 25.0 Å². The monoisotopic (exact) mass is 215 g/mol. The van der Waals surface area contributed by atoms with Gasteiger partial charge in [0.05, 0.1) is 0 Å². The lowest BCUT2D eigenvalue weighted by atomic mass is 10.1. The number of carbonyl (C=O) groups is 1. The van der Waals surface area contributed by atoms with Crippen molar-refractivity contribution in [3.63, 3.8) is 0 Å². The first-order valence-corrected chi connectivity index (χ1v) is 5.68. The van der Waals surface area contributed by atoms with Crippen LogP contribution in [0.15, 0.2) is 0 Å². The highest BCUT2D eigenvalue weighted by molar-refractivity contribution is 5.76. The lowest BCUT2D eigenvalue weighted by Gasteiger charge is -2.18. The average Bonchev–Trinajstić information content (AvgIpc) is 2.10. The molecule has 0 aliphatic rings. The summed E-state index contributed by atoms with van der Waals surface area (Å²) in [7, 11) is 0. The number of nitrogens with two attached hydrogens (primary N) is 1. The van der Waals surface area contributed by atoms with Crippen molar-refractivity contribution in [3.8, 4) is 0 Å². The van der Waals surface area contributed by atoms with Crippen LogP contribution < -0.4 is 16.4 Å². The van der Waals surface area contributed by atoms with E-state index in [-0.39, 0.29) is 18.0 Å². The third kappa shape index (κ3) is 8.39. The van der Waals surface area contributed by atoms with Gasteiger partial charge in [0.25, 0.3) is 0 Å². The molecule has 0 heterocycles. The Bertz CT molecular complexity index is 181. The predicted molar refractivity (Wildman–Crippen MR) is 63.6 cm³/mol. The van der Waals surface area contributed by atoms with Crippen molar-refractivity contribution in [2.24, 2.45) is 11.7 Å². The van der Waals surface area contributed by atoms with Crippen LogP contribution in [0.3, 0.4) is 0 Å². The Morgan fingerprint density at radius 3 is 2.27 bits per heavy atom. The number of hydrogen-bond acceptors (Lipinski definition) is 3. The molecule has 1 amide bonds. The fraction of sp³-hybridized carbons (Fsp3) is 0.909. The average molecular weight is 215 g/mol. The normalized spacial score (nSPS) is 13.3. The number of hydrogen-bond donors (Lipinski definition) is 3. The van der Waals surface area contributed by atoms with E-state index in [4.69, 9.17) is 5.73 Å². The summed E-state index contributed by atoms with van der Waals surface area (Å²) in [6, 6.07) is 0.284. The molecule has 0 bridgehead atoms. The van der Waals surface area contributed by atoms with Gasteiger partial charge in [-0.1, -0.05) is 13.8 Å². The Hall–Kier alpha value is -0.610. The summed E-state index contributed by atoms with van der Waals surface area (Å²) in [5.74, 6) is 0.643. The van der Waals surface area contributed by atoms with Crippen molar-refractivity contribution in [2.45, 2.75) is 46.2 Å². The largest absolute Gasteiger partial charge is 0.354 e. The Morgan fingerprint density at radius 2 is 1.87 bits per heavy atom. The molecule has 0 aliphatic carbocycles. The molecule has 15 heavy (non-hydrogen) atoms. The van der Waals surface area contributed by atoms with E-state index in [9.17, 15) is 4.79 Å². The Kier molecular flexibility index (Phi) is 7.34. The minimum absolute atomic E-state index is 0.0664. The zero-order valence-corrected chi connectivity index (χ0v) is 10.3. The Labute approximate surface area is 93.0 Å². The van der Waals surface area contributed by atoms with E-state index < -0.39 is 0 Å². The smallest absolute Gasteiger partial charge is 0.221 e. The van der Waals surface area contributed by atoms with Gasteiger partial charge < -0.3 is 16.4 Å². The summed E-state index contributed by atoms with van der Waals surface area (Å²) in [6.45, 7) is 9.58. The second kappa shape index (κ2) is 7.65. The first-order chi connectivity index (χ1) is 6.95. The molecule has 90 valence electrons. The van der Waals surface area contributed by atoms with Crippen molar-refractivity contribution in [2.75, 3.05) is 13.1 Å². The van der Waals surface area contributed by atoms with E-state index in [1.54, 1.807) is 0 Å². The van der Waals surface area contributed by atoms with Gasteiger partial charge in [-0.2, -0.15) is 0 Å². The molecule has 4 N–H and O–H groups in total. The van der Waals surface area contributed by atoms with Crippen molar-refractivity contribution >= 4 is 5.91 Å². The van der Waals surface area contributed by atoms with Crippen LogP contribution in [0.25, 0.3) is 0 Å². The summed E-state index contributed by atoms with van der Waals surface area (Å²) >= 11 is 0. The van der Waals surface area contributed by atoms with Gasteiger partial charge in [0.1, 0.15) is 0 Å². The fourth-order valence-corrected chi connectivity index (χ4v) is 1.25. The summed E-state index contributed by atoms with van der Waals surface area (Å²) in [4.78, 5) is 11.5. The highest BCUT2D eigenvalue weighted by Gasteiger charge is 2.12. The Balaban J connectivity index is 3.82. The molecule has 0 saturated heterocycles. The third-order valence-electron chi connectivity index (χ3n) is 1.98. The van der Waals surface area contributed by atoms with Crippen LogP contribution in [0, 0.1) is 5.92 Å². The maximum Gasteiger partial charge on any atom is 0.221 e. The van der Waals surface area contributed by atoms with Crippen LogP contribution >= 0.6 is 0 Å². The zero-order valence-electron chi connectivity index (χ0n) is 10.3. The summed E-state index contributed by atoms with van der Waals surface area (Å²) in [5.41, 5.74) is 5.60. The summed E-state index contributed by atoms with van der Waals surface area (Å²) in [5, 5.41) is 6.15. The standard InChI is InChI=1S/C11H25N3O/c1-8(2)7-13-10(6-12)5-11(15)14-9(3)4/h8-10,13H,5-7,12H2,1-4H3,(H,14,15). The summed E-state index contributed by atoms with van der Waals surface area (Å²) < 4.78 is 0. The molecule has 1 atom stereocenters. The van der Waals surface area contributed by atoms with Crippen LogP contribution in [0.1, 0.15) is 34.1 Å². The van der Waals surface area contributed by atoms with Crippen LogP contribution in [0.5, 0.6) is 0 Å². The van der Waals surface area contributed by atoms with Crippen LogP contribution in [0.2, 0.25) is 0 Å². The molecular weight excluding hydrogens is 190 g/mol. The van der Waals surface area contributed by atoms with Crippen molar-refractivity contribution in [1.29, 1.82) is 0 Å². The number of amides is 1. The molecular formula is C11H25N3O. The molecule has 0 aliphatic heterocycles. The van der Waals surface area contributed by atoms with Gasteiger partial charge in [0.2, 0.25) is 5.91 Å². The molecule has 0 saturated carbocycles. The SMILES string of the molecule is CC(C)CNC(CN)CC(=O)NC(C)C. The van der Waals surface area contributed by atoms with Gasteiger partial charge in [-0.25, -0.2) is 0 Å². The molecule has 1 unspecified atom stereocenters. The molecule has 0 aromatic carbocycles. The van der Waals surface area contributed by atoms with Crippen LogP contribution in [0.4, 0.5) is 0 Å². The number of carbonyl (C=O) groups excluding carboxylic acids is 1. The van der Waals surface area contributed by atoms with Gasteiger partial charge in [-0.05, 0) is 26.3 Å². The fourth-order valence-electron chi connectivity index (χ4n) is 1.25. The lowest BCUT2D eigenvalue weighted by Crippen LogP contribution is -2.43. The molecule has 0 aromatic heterocycles. The van der Waals surface area contributed by atoms with Gasteiger partial charge in [-0.3, -0.25) is 4.79 Å². The predicted octanol–water partition coefficient (Wildman–Crippen LogP) is 0.474. The van der Waals surface area contributed by atoms with E-state index in [0.717, 1.165) is 6.54 Å². The molecule has 4 heteroatoms. The Morgan fingerprint density at radius 1 is 1.27 bits per heavy atom. The van der Waals surface area contributed by atoms with Crippen molar-refractivity contribution in [3.05, 3.63) is 0 Å². The zero-order chi connectivity index (χ0) is 11.8. The highest BCUT2D eigenvalue weighted by Crippen LogP contribution is 1.94. The number of rotatable bonds is 7. The van der Waals surface area contributed by atoms with Gasteiger partial charge in [-0.15, -0.1) is 0 Å². The maximum atomic E-state index is 11.5. The van der Waals surface area contributed by atoms with E-state index in [0.29, 0.717) is 18.9 Å². The van der Waals surface area contributed by atoms with Crippen molar-refractivity contribution in [1.82, 2.24) is 10.6 Å². The minimum Gasteiger partial charge on any atom is -0.354 e. The quantitative estimate of drug-likeness (QED) is 0.578. The first-order valence-electron chi connectivity index (χ1n) is 5.68. The molecule has 0 fully saturated rings. The number of nitrogens with one attached hydrogen (secondary N) is 2. The summed E-state index contributed by atoms with van der Waals surface area (Å²) in [6.07, 6.45) is 0.460. The van der Waals surface area contributed by atoms with Crippen LogP contribution in [-0.4, -0.2) is 31.1 Å². The van der Waals surface area contributed by atoms with E-state index in [2.05, 4.69) is 24.5 Å². The molecule has 0 rings (SSSR count). The van der Waals surface area contributed by atoms with Gasteiger partial charge in [0.15, 0.2) is 0 Å². The van der Waals surface area contributed by atoms with Crippen LogP contribution in [-0.2, 0) is 4.79 Å². The molecule has 0 radical (unpaired) electrons. The second-order valence-electron chi connectivity index (χ2n) is 4.66. The van der Waals surface area contributed by atoms with Gasteiger partial charge >= 0.3 is 0 Å². The minimum atomic E-state index is 0.0664. The highest BCUT2D eigenvalue weighted by atomic mass is 16.1. The second-order valence-corrected chi connectivity index (χ2v) is 4.66. The molecule has 0 aromatic rings. The van der Waals surface area contributed by atoms with E-state index in [1.165, 1.54) is 0 Å². The molecule has 0 spiro atoms. The third-order valence-corrected chi connectivity index (χ3v) is 1.98. The first kappa shape index (κ1) is 14.4. The topological polar surface area (TPSA) is 67.1 Å². The van der Waals surface area contributed by atoms with E-state index >= 15 is 0 Å². The maximum absolute atomic E-state index is 11.5. The lowest BCUT2D eigenvalue weighted by molar-refractivity contribution is -0.122. The molecule has 4 nitrogen and oxygen atoms in total. The van der Waals surface area contributed by atoms with E-state index in [1.807, 2.05) is 13.8 Å². The van der Waals surface area contributed by atoms with Crippen molar-refractivity contribution < 1.29 is 4.79 Å².